The topological polar surface area (TPSA) is 82.4 Å². The molecule has 2 N–H and O–H groups in total. The van der Waals surface area contributed by atoms with Crippen LogP contribution in [-0.2, 0) is 16.2 Å². The molecule has 2 aromatic rings. The van der Waals surface area contributed by atoms with Crippen LogP contribution in [0.1, 0.15) is 55.5 Å². The number of amides is 1. The summed E-state index contributed by atoms with van der Waals surface area (Å²) >= 11 is 12.0. The summed E-state index contributed by atoms with van der Waals surface area (Å²) in [4.78, 5) is 31.0. The SMILES string of the molecule is CC(=O)N(CCC(c1ccc(Cl)c(Cl)c1)[P+](O)=NO)OCc1ccc(C(C)C)cc1. The van der Waals surface area contributed by atoms with Gasteiger partial charge in [0.1, 0.15) is 6.61 Å². The fourth-order valence-corrected chi connectivity index (χ4v) is 4.11. The van der Waals surface area contributed by atoms with Crippen LogP contribution in [0.15, 0.2) is 47.4 Å². The first-order valence-corrected chi connectivity index (χ1v) is 11.6. The van der Waals surface area contributed by atoms with Crippen molar-refractivity contribution in [2.45, 2.75) is 45.4 Å². The van der Waals surface area contributed by atoms with E-state index in [0.717, 1.165) is 5.56 Å². The molecule has 2 atom stereocenters. The molecule has 2 aromatic carbocycles. The minimum absolute atomic E-state index is 0.208. The first-order valence-electron chi connectivity index (χ1n) is 9.50. The van der Waals surface area contributed by atoms with Crippen molar-refractivity contribution in [3.8, 4) is 0 Å². The predicted octanol–water partition coefficient (Wildman–Crippen LogP) is 6.49. The van der Waals surface area contributed by atoms with Crippen molar-refractivity contribution >= 4 is 37.0 Å². The van der Waals surface area contributed by atoms with Crippen LogP contribution in [-0.4, -0.2) is 27.6 Å². The van der Waals surface area contributed by atoms with Crippen LogP contribution >= 0.6 is 31.1 Å². The fraction of sp³-hybridized carbons (Fsp3) is 0.381. The minimum Gasteiger partial charge on any atom is -0.273 e. The van der Waals surface area contributed by atoms with Gasteiger partial charge in [-0.2, -0.15) is 4.89 Å². The third-order valence-electron chi connectivity index (χ3n) is 4.69. The summed E-state index contributed by atoms with van der Waals surface area (Å²) in [6, 6.07) is 13.0. The third kappa shape index (κ3) is 7.02. The van der Waals surface area contributed by atoms with Crippen LogP contribution in [0.25, 0.3) is 0 Å². The molecule has 6 nitrogen and oxygen atoms in total. The average molecular weight is 472 g/mol. The maximum absolute atomic E-state index is 12.0. The monoisotopic (exact) mass is 471 g/mol. The van der Waals surface area contributed by atoms with Gasteiger partial charge in [0.05, 0.1) is 21.5 Å². The Morgan fingerprint density at radius 1 is 1.13 bits per heavy atom. The van der Waals surface area contributed by atoms with Crippen molar-refractivity contribution in [3.63, 3.8) is 0 Å². The Balaban J connectivity index is 2.06. The van der Waals surface area contributed by atoms with Gasteiger partial charge in [-0.25, -0.2) is 10.3 Å². The van der Waals surface area contributed by atoms with Gasteiger partial charge < -0.3 is 0 Å². The van der Waals surface area contributed by atoms with Crippen LogP contribution in [0.4, 0.5) is 0 Å². The second kappa shape index (κ2) is 11.8. The molecular weight excluding hydrogens is 446 g/mol. The van der Waals surface area contributed by atoms with Crippen molar-refractivity contribution in [1.29, 1.82) is 0 Å². The van der Waals surface area contributed by atoms with Crippen LogP contribution in [0.3, 0.4) is 0 Å². The molecule has 1 amide bonds. The number of carbonyl (C=O) groups is 1. The number of hydroxylamine groups is 2. The molecule has 2 unspecified atom stereocenters. The Hall–Kier alpha value is -1.53. The van der Waals surface area contributed by atoms with Crippen LogP contribution < -0.4 is 0 Å². The molecule has 9 heteroatoms. The fourth-order valence-electron chi connectivity index (χ4n) is 2.90. The summed E-state index contributed by atoms with van der Waals surface area (Å²) < 4.78 is 0. The molecule has 30 heavy (non-hydrogen) atoms. The summed E-state index contributed by atoms with van der Waals surface area (Å²) in [5.41, 5.74) is 2.32. The lowest BCUT2D eigenvalue weighted by Crippen LogP contribution is -2.30. The molecule has 0 bridgehead atoms. The number of nitrogens with zero attached hydrogens (tertiary/aromatic N) is 2. The van der Waals surface area contributed by atoms with Gasteiger partial charge in [0, 0.05) is 18.9 Å². The second-order valence-electron chi connectivity index (χ2n) is 7.18. The lowest BCUT2D eigenvalue weighted by Gasteiger charge is -2.21. The molecule has 0 aliphatic rings. The van der Waals surface area contributed by atoms with Gasteiger partial charge in [0.25, 0.3) is 0 Å². The van der Waals surface area contributed by atoms with E-state index < -0.39 is 13.6 Å². The van der Waals surface area contributed by atoms with Gasteiger partial charge in [-0.15, -0.1) is 0 Å². The molecule has 0 aliphatic heterocycles. The zero-order chi connectivity index (χ0) is 22.3. The molecule has 0 aliphatic carbocycles. The smallest absolute Gasteiger partial charge is 0.273 e. The normalized spacial score (nSPS) is 12.9. The van der Waals surface area contributed by atoms with E-state index in [-0.39, 0.29) is 19.1 Å². The number of hydrogen-bond acceptors (Lipinski definition) is 3. The Morgan fingerprint density at radius 3 is 2.30 bits per heavy atom. The molecule has 2 rings (SSSR count). The average Bonchev–Trinajstić information content (AvgIpc) is 2.72. The highest BCUT2D eigenvalue weighted by Gasteiger charge is 2.31. The largest absolute Gasteiger partial charge is 0.406 e. The molecule has 0 saturated heterocycles. The molecular formula is C21H26Cl2N2O4P+. The molecule has 0 aromatic heterocycles. The van der Waals surface area contributed by atoms with E-state index in [0.29, 0.717) is 27.9 Å². The third-order valence-corrected chi connectivity index (χ3v) is 6.73. The maximum Gasteiger partial charge on any atom is 0.406 e. The summed E-state index contributed by atoms with van der Waals surface area (Å²) in [5.74, 6) is 0.183. The van der Waals surface area contributed by atoms with Gasteiger partial charge in [-0.1, -0.05) is 67.4 Å². The van der Waals surface area contributed by atoms with E-state index >= 15 is 0 Å². The van der Waals surface area contributed by atoms with Crippen molar-refractivity contribution in [2.24, 2.45) is 4.91 Å². The summed E-state index contributed by atoms with van der Waals surface area (Å²) in [5, 5.41) is 11.1. The van der Waals surface area contributed by atoms with Crippen molar-refractivity contribution in [3.05, 3.63) is 69.2 Å². The van der Waals surface area contributed by atoms with Gasteiger partial charge in [-0.3, -0.25) is 9.63 Å². The van der Waals surface area contributed by atoms with E-state index in [1.807, 2.05) is 24.3 Å². The Bertz CT molecular complexity index is 891. The van der Waals surface area contributed by atoms with Crippen molar-refractivity contribution in [2.75, 3.05) is 6.54 Å². The zero-order valence-corrected chi connectivity index (χ0v) is 19.5. The van der Waals surface area contributed by atoms with Gasteiger partial charge >= 0.3 is 7.94 Å². The molecule has 162 valence electrons. The summed E-state index contributed by atoms with van der Waals surface area (Å²) in [6.07, 6.45) is 0.316. The first kappa shape index (κ1) is 24.7. The van der Waals surface area contributed by atoms with Crippen molar-refractivity contribution in [1.82, 2.24) is 5.06 Å². The predicted molar refractivity (Wildman–Crippen MR) is 120 cm³/mol. The number of benzene rings is 2. The van der Waals surface area contributed by atoms with Crippen LogP contribution in [0.5, 0.6) is 0 Å². The van der Waals surface area contributed by atoms with Crippen molar-refractivity contribution < 1.29 is 19.7 Å². The number of rotatable bonds is 9. The molecule has 0 radical (unpaired) electrons. The Kier molecular flexibility index (Phi) is 9.69. The second-order valence-corrected chi connectivity index (χ2v) is 9.44. The Morgan fingerprint density at radius 2 is 1.77 bits per heavy atom. The highest BCUT2D eigenvalue weighted by Crippen LogP contribution is 2.44. The van der Waals surface area contributed by atoms with E-state index in [1.54, 1.807) is 18.2 Å². The summed E-state index contributed by atoms with van der Waals surface area (Å²) in [6.45, 7) is 6.12. The highest BCUT2D eigenvalue weighted by molar-refractivity contribution is 7.41. The highest BCUT2D eigenvalue weighted by atomic mass is 35.5. The lowest BCUT2D eigenvalue weighted by molar-refractivity contribution is -0.189. The molecule has 0 heterocycles. The molecule has 0 saturated carbocycles. The van der Waals surface area contributed by atoms with Crippen LogP contribution in [0, 0.1) is 0 Å². The lowest BCUT2D eigenvalue weighted by atomic mass is 10.0. The number of hydrogen-bond donors (Lipinski definition) is 2. The van der Waals surface area contributed by atoms with Crippen LogP contribution in [0.2, 0.25) is 10.0 Å². The molecule has 0 spiro atoms. The van der Waals surface area contributed by atoms with Gasteiger partial charge in [0.2, 0.25) is 5.91 Å². The first-order chi connectivity index (χ1) is 14.2. The zero-order valence-electron chi connectivity index (χ0n) is 17.1. The number of carbonyl (C=O) groups excluding carboxylic acids is 1. The van der Waals surface area contributed by atoms with Gasteiger partial charge in [-0.05, 0) is 29.2 Å². The number of halogens is 2. The summed E-state index contributed by atoms with van der Waals surface area (Å²) in [7, 11) is -2.07. The Labute approximate surface area is 187 Å². The standard InChI is InChI=1S/C21H25Cl2N2O4P/c1-14(2)17-6-4-16(5-7-17)13-29-25(15(3)26)11-10-21(30(28)24-27)18-8-9-19(22)20(23)12-18/h4-9,12,14,21H,10-11,13H2,1-3H3,(H-,24,27,28)/p+1. The van der Waals surface area contributed by atoms with Gasteiger partial charge in [0.15, 0.2) is 5.66 Å². The van der Waals surface area contributed by atoms with E-state index in [4.69, 9.17) is 33.2 Å². The minimum atomic E-state index is -2.07. The van der Waals surface area contributed by atoms with E-state index in [2.05, 4.69) is 18.8 Å². The van der Waals surface area contributed by atoms with E-state index in [1.165, 1.54) is 17.6 Å². The maximum atomic E-state index is 12.0. The molecule has 0 fully saturated rings. The quantitative estimate of drug-likeness (QED) is 0.323. The van der Waals surface area contributed by atoms with E-state index in [9.17, 15) is 9.69 Å².